The summed E-state index contributed by atoms with van der Waals surface area (Å²) < 4.78 is 37.7. The summed E-state index contributed by atoms with van der Waals surface area (Å²) in [5.74, 6) is -1.57. The molecule has 0 aromatic heterocycles. The summed E-state index contributed by atoms with van der Waals surface area (Å²) >= 11 is 0. The van der Waals surface area contributed by atoms with Gasteiger partial charge in [-0.05, 0) is 43.9 Å². The molecule has 1 heterocycles. The van der Waals surface area contributed by atoms with Crippen LogP contribution < -0.4 is 5.32 Å². The molecule has 1 saturated heterocycles. The van der Waals surface area contributed by atoms with E-state index in [9.17, 15) is 27.6 Å². The first-order valence-corrected chi connectivity index (χ1v) is 9.51. The van der Waals surface area contributed by atoms with Crippen LogP contribution in [0.5, 0.6) is 0 Å². The number of benzene rings is 1. The van der Waals surface area contributed by atoms with Crippen molar-refractivity contribution in [2.75, 3.05) is 6.54 Å². The van der Waals surface area contributed by atoms with Gasteiger partial charge in [-0.1, -0.05) is 25.0 Å². The average Bonchev–Trinajstić information content (AvgIpc) is 2.92. The van der Waals surface area contributed by atoms with Gasteiger partial charge in [-0.3, -0.25) is 19.3 Å². The molecular formula is C20H23F3N2O3. The first kappa shape index (κ1) is 20.4. The second-order valence-corrected chi connectivity index (χ2v) is 7.46. The van der Waals surface area contributed by atoms with Crippen LogP contribution in [0.1, 0.15) is 43.7 Å². The minimum Gasteiger partial charge on any atom is -0.354 e. The Morgan fingerprint density at radius 1 is 1.11 bits per heavy atom. The second kappa shape index (κ2) is 7.93. The topological polar surface area (TPSA) is 66.5 Å². The van der Waals surface area contributed by atoms with Crippen LogP contribution in [-0.4, -0.2) is 35.2 Å². The molecule has 8 heteroatoms. The fraction of sp³-hybridized carbons (Fsp3) is 0.550. The molecule has 1 aliphatic heterocycles. The van der Waals surface area contributed by atoms with E-state index in [2.05, 4.69) is 5.32 Å². The summed E-state index contributed by atoms with van der Waals surface area (Å²) in [6.07, 6.45) is -0.816. The standard InChI is InChI=1S/C20H23F3N2O3/c1-12(25-18(27)15-4-2-3-5-16(15)19(25)28)17(26)24-11-10-13-6-8-14(9-7-13)20(21,22)23/h6-9,12,15-16H,2-5,10-11H2,1H3,(H,24,26)/t12-,15?,16?/m0/s1. The SMILES string of the molecule is C[C@@H](C(=O)NCCc1ccc(C(F)(F)F)cc1)N1C(=O)C2CCCCC2C1=O. The smallest absolute Gasteiger partial charge is 0.354 e. The number of fused-ring (bicyclic) bond motifs is 1. The zero-order valence-corrected chi connectivity index (χ0v) is 15.6. The van der Waals surface area contributed by atoms with Crippen LogP contribution in [0.4, 0.5) is 13.2 Å². The lowest BCUT2D eigenvalue weighted by atomic mass is 9.81. The fourth-order valence-corrected chi connectivity index (χ4v) is 4.03. The summed E-state index contributed by atoms with van der Waals surface area (Å²) in [7, 11) is 0. The van der Waals surface area contributed by atoms with Crippen LogP contribution in [0.2, 0.25) is 0 Å². The van der Waals surface area contributed by atoms with Crippen molar-refractivity contribution in [1.29, 1.82) is 0 Å². The van der Waals surface area contributed by atoms with Crippen molar-refractivity contribution in [2.24, 2.45) is 11.8 Å². The number of rotatable bonds is 5. The number of imide groups is 1. The van der Waals surface area contributed by atoms with E-state index in [0.29, 0.717) is 24.8 Å². The van der Waals surface area contributed by atoms with Gasteiger partial charge >= 0.3 is 6.18 Å². The summed E-state index contributed by atoms with van der Waals surface area (Å²) in [5, 5.41) is 2.67. The molecule has 2 unspecified atom stereocenters. The zero-order chi connectivity index (χ0) is 20.5. The summed E-state index contributed by atoms with van der Waals surface area (Å²) in [4.78, 5) is 38.6. The van der Waals surface area contributed by atoms with Crippen molar-refractivity contribution in [1.82, 2.24) is 10.2 Å². The molecule has 3 rings (SSSR count). The van der Waals surface area contributed by atoms with Crippen molar-refractivity contribution in [3.8, 4) is 0 Å². The van der Waals surface area contributed by atoms with Gasteiger partial charge in [0.25, 0.3) is 0 Å². The Morgan fingerprint density at radius 3 is 2.14 bits per heavy atom. The van der Waals surface area contributed by atoms with Gasteiger partial charge in [-0.25, -0.2) is 0 Å². The summed E-state index contributed by atoms with van der Waals surface area (Å²) in [6, 6.07) is 3.86. The molecule has 0 bridgehead atoms. The number of hydrogen-bond acceptors (Lipinski definition) is 3. The third-order valence-corrected chi connectivity index (χ3v) is 5.64. The number of likely N-dealkylation sites (tertiary alicyclic amines) is 1. The van der Waals surface area contributed by atoms with E-state index in [-0.39, 0.29) is 30.2 Å². The molecule has 28 heavy (non-hydrogen) atoms. The molecule has 1 aliphatic carbocycles. The monoisotopic (exact) mass is 396 g/mol. The van der Waals surface area contributed by atoms with Crippen LogP contribution in [0.15, 0.2) is 24.3 Å². The highest BCUT2D eigenvalue weighted by Crippen LogP contribution is 2.38. The first-order chi connectivity index (χ1) is 13.2. The average molecular weight is 396 g/mol. The lowest BCUT2D eigenvalue weighted by Gasteiger charge is -2.22. The molecule has 152 valence electrons. The maximum Gasteiger partial charge on any atom is 0.416 e. The van der Waals surface area contributed by atoms with E-state index in [4.69, 9.17) is 0 Å². The van der Waals surface area contributed by atoms with Gasteiger partial charge in [0.1, 0.15) is 6.04 Å². The molecule has 3 amide bonds. The molecule has 0 radical (unpaired) electrons. The van der Waals surface area contributed by atoms with Crippen molar-refractivity contribution in [3.63, 3.8) is 0 Å². The lowest BCUT2D eigenvalue weighted by molar-refractivity contribution is -0.147. The molecule has 2 fully saturated rings. The Kier molecular flexibility index (Phi) is 5.76. The Morgan fingerprint density at radius 2 is 1.64 bits per heavy atom. The van der Waals surface area contributed by atoms with Crippen molar-refractivity contribution in [3.05, 3.63) is 35.4 Å². The van der Waals surface area contributed by atoms with E-state index >= 15 is 0 Å². The van der Waals surface area contributed by atoms with Gasteiger partial charge in [0.15, 0.2) is 0 Å². The van der Waals surface area contributed by atoms with E-state index in [0.717, 1.165) is 29.9 Å². The summed E-state index contributed by atoms with van der Waals surface area (Å²) in [5.41, 5.74) is -0.0678. The fourth-order valence-electron chi connectivity index (χ4n) is 4.03. The Bertz CT molecular complexity index is 737. The van der Waals surface area contributed by atoms with E-state index in [1.165, 1.54) is 19.1 Å². The number of carbonyl (C=O) groups is 3. The number of halogens is 3. The highest BCUT2D eigenvalue weighted by Gasteiger charge is 2.50. The van der Waals surface area contributed by atoms with E-state index in [1.54, 1.807) is 0 Å². The van der Waals surface area contributed by atoms with Gasteiger partial charge in [0.2, 0.25) is 17.7 Å². The van der Waals surface area contributed by atoms with Crippen LogP contribution in [0.3, 0.4) is 0 Å². The maximum atomic E-state index is 12.6. The van der Waals surface area contributed by atoms with Crippen LogP contribution in [0.25, 0.3) is 0 Å². The molecule has 3 atom stereocenters. The number of nitrogens with one attached hydrogen (secondary N) is 1. The predicted molar refractivity (Wildman–Crippen MR) is 94.9 cm³/mol. The van der Waals surface area contributed by atoms with Crippen LogP contribution >= 0.6 is 0 Å². The predicted octanol–water partition coefficient (Wildman–Crippen LogP) is 2.93. The number of amides is 3. The van der Waals surface area contributed by atoms with Crippen molar-refractivity contribution < 1.29 is 27.6 Å². The Balaban J connectivity index is 1.53. The molecular weight excluding hydrogens is 373 g/mol. The lowest BCUT2D eigenvalue weighted by Crippen LogP contribution is -2.48. The number of nitrogens with zero attached hydrogens (tertiary/aromatic N) is 1. The highest BCUT2D eigenvalue weighted by molar-refractivity contribution is 6.08. The van der Waals surface area contributed by atoms with Crippen LogP contribution in [-0.2, 0) is 27.0 Å². The maximum absolute atomic E-state index is 12.6. The molecule has 1 aromatic rings. The molecule has 1 N–H and O–H groups in total. The minimum absolute atomic E-state index is 0.206. The molecule has 2 aliphatic rings. The van der Waals surface area contributed by atoms with Gasteiger partial charge in [-0.15, -0.1) is 0 Å². The third kappa shape index (κ3) is 4.05. The minimum atomic E-state index is -4.38. The normalized spacial score (nSPS) is 23.5. The molecule has 1 aromatic carbocycles. The van der Waals surface area contributed by atoms with E-state index in [1.807, 2.05) is 0 Å². The Hall–Kier alpha value is -2.38. The third-order valence-electron chi connectivity index (χ3n) is 5.64. The molecule has 0 spiro atoms. The largest absolute Gasteiger partial charge is 0.416 e. The molecule has 1 saturated carbocycles. The highest BCUT2D eigenvalue weighted by atomic mass is 19.4. The number of carbonyl (C=O) groups excluding carboxylic acids is 3. The first-order valence-electron chi connectivity index (χ1n) is 9.51. The van der Waals surface area contributed by atoms with Crippen molar-refractivity contribution in [2.45, 2.75) is 51.2 Å². The van der Waals surface area contributed by atoms with Gasteiger partial charge < -0.3 is 5.32 Å². The van der Waals surface area contributed by atoms with Gasteiger partial charge in [0, 0.05) is 6.54 Å². The number of hydrogen-bond donors (Lipinski definition) is 1. The number of alkyl halides is 3. The molecule has 5 nitrogen and oxygen atoms in total. The van der Waals surface area contributed by atoms with Gasteiger partial charge in [0.05, 0.1) is 17.4 Å². The Labute approximate surface area is 161 Å². The van der Waals surface area contributed by atoms with Crippen LogP contribution in [0, 0.1) is 11.8 Å². The second-order valence-electron chi connectivity index (χ2n) is 7.46. The van der Waals surface area contributed by atoms with Crippen molar-refractivity contribution >= 4 is 17.7 Å². The van der Waals surface area contributed by atoms with Gasteiger partial charge in [-0.2, -0.15) is 13.2 Å². The zero-order valence-electron chi connectivity index (χ0n) is 15.6. The summed E-state index contributed by atoms with van der Waals surface area (Å²) in [6.45, 7) is 1.73. The quantitative estimate of drug-likeness (QED) is 0.779. The van der Waals surface area contributed by atoms with E-state index < -0.39 is 23.7 Å².